The van der Waals surface area contributed by atoms with E-state index in [1.165, 1.54) is 0 Å². The van der Waals surface area contributed by atoms with Gasteiger partial charge in [-0.05, 0) is 30.3 Å². The van der Waals surface area contributed by atoms with Crippen molar-refractivity contribution in [1.29, 1.82) is 0 Å². The minimum atomic E-state index is -0.981. The molecule has 3 aromatic rings. The summed E-state index contributed by atoms with van der Waals surface area (Å²) in [6.45, 7) is 0. The molecule has 0 saturated carbocycles. The van der Waals surface area contributed by atoms with Crippen LogP contribution in [0.25, 0.3) is 0 Å². The van der Waals surface area contributed by atoms with Gasteiger partial charge in [-0.1, -0.05) is 24.3 Å². The number of hydrogen-bond acceptors (Lipinski definition) is 5. The first kappa shape index (κ1) is 18.0. The Labute approximate surface area is 165 Å². The maximum Gasteiger partial charge on any atom is 0.341 e. The van der Waals surface area contributed by atoms with E-state index in [1.54, 1.807) is 12.4 Å². The Kier molecular flexibility index (Phi) is 4.30. The molecule has 0 bridgehead atoms. The predicted molar refractivity (Wildman–Crippen MR) is 111 cm³/mol. The number of carbonyl (C=O) groups excluding carboxylic acids is 1. The van der Waals surface area contributed by atoms with Gasteiger partial charge in [-0.25, -0.2) is 4.79 Å². The fourth-order valence-corrected chi connectivity index (χ4v) is 3.70. The maximum atomic E-state index is 12.7. The van der Waals surface area contributed by atoms with E-state index in [-0.39, 0.29) is 5.97 Å². The number of rotatable bonds is 4. The molecule has 0 amide bonds. The third-order valence-corrected chi connectivity index (χ3v) is 5.25. The second-order valence-corrected chi connectivity index (χ2v) is 7.37. The molecule has 5 heteroatoms. The zero-order valence-electron chi connectivity index (χ0n) is 16.5. The van der Waals surface area contributed by atoms with Crippen LogP contribution in [0, 0.1) is 0 Å². The van der Waals surface area contributed by atoms with E-state index >= 15 is 0 Å². The van der Waals surface area contributed by atoms with Crippen LogP contribution in [0.1, 0.15) is 27.0 Å². The van der Waals surface area contributed by atoms with Crippen molar-refractivity contribution < 1.29 is 9.53 Å². The predicted octanol–water partition coefficient (Wildman–Crippen LogP) is 3.68. The lowest BCUT2D eigenvalue weighted by Crippen LogP contribution is -2.29. The largest absolute Gasteiger partial charge is 0.441 e. The Balaban J connectivity index is 1.94. The van der Waals surface area contributed by atoms with Crippen LogP contribution in [0.3, 0.4) is 0 Å². The molecule has 5 nitrogen and oxygen atoms in total. The normalized spacial score (nSPS) is 14.4. The van der Waals surface area contributed by atoms with E-state index < -0.39 is 5.60 Å². The lowest BCUT2D eigenvalue weighted by Gasteiger charge is -2.31. The number of ether oxygens (including phenoxy) is 1. The van der Waals surface area contributed by atoms with E-state index in [9.17, 15) is 4.79 Å². The first-order valence-electron chi connectivity index (χ1n) is 9.17. The second-order valence-electron chi connectivity index (χ2n) is 7.37. The smallest absolute Gasteiger partial charge is 0.341 e. The number of pyridine rings is 1. The molecule has 0 unspecified atom stereocenters. The molecule has 0 N–H and O–H groups in total. The molecule has 0 saturated heterocycles. The van der Waals surface area contributed by atoms with Crippen molar-refractivity contribution in [1.82, 2.24) is 4.98 Å². The SMILES string of the molecule is CN(C)c1ccc(C2(c3ccc(N(C)C)cc3)OC(=O)c3cnccc32)cc1. The summed E-state index contributed by atoms with van der Waals surface area (Å²) in [4.78, 5) is 20.9. The standard InChI is InChI=1S/C23H23N3O2/c1-25(2)18-9-5-16(6-10-18)23(17-7-11-19(12-8-17)26(3)4)21-13-14-24-15-20(21)22(27)28-23/h5-15H,1-4H3. The van der Waals surface area contributed by atoms with Crippen LogP contribution < -0.4 is 9.80 Å². The molecule has 28 heavy (non-hydrogen) atoms. The van der Waals surface area contributed by atoms with Crippen molar-refractivity contribution in [2.45, 2.75) is 5.60 Å². The summed E-state index contributed by atoms with van der Waals surface area (Å²) in [5, 5.41) is 0. The number of hydrogen-bond donors (Lipinski definition) is 0. The van der Waals surface area contributed by atoms with Crippen molar-refractivity contribution in [2.75, 3.05) is 38.0 Å². The number of benzene rings is 2. The Hall–Kier alpha value is -3.34. The molecular formula is C23H23N3O2. The molecular weight excluding hydrogens is 350 g/mol. The molecule has 0 atom stereocenters. The van der Waals surface area contributed by atoms with Gasteiger partial charge < -0.3 is 14.5 Å². The van der Waals surface area contributed by atoms with Gasteiger partial charge >= 0.3 is 5.97 Å². The summed E-state index contributed by atoms with van der Waals surface area (Å²) in [5.74, 6) is -0.350. The summed E-state index contributed by atoms with van der Waals surface area (Å²) in [7, 11) is 8.01. The topological polar surface area (TPSA) is 45.7 Å². The minimum absolute atomic E-state index is 0.350. The van der Waals surface area contributed by atoms with E-state index in [1.807, 2.05) is 92.6 Å². The van der Waals surface area contributed by atoms with Gasteiger partial charge in [0.05, 0.1) is 5.56 Å². The summed E-state index contributed by atoms with van der Waals surface area (Å²) in [5.41, 5.74) is 4.34. The van der Waals surface area contributed by atoms with E-state index in [2.05, 4.69) is 4.98 Å². The van der Waals surface area contributed by atoms with Gasteiger partial charge in [0.1, 0.15) is 0 Å². The molecule has 1 aliphatic heterocycles. The average Bonchev–Trinajstić information content (AvgIpc) is 3.02. The summed E-state index contributed by atoms with van der Waals surface area (Å²) < 4.78 is 6.09. The van der Waals surface area contributed by atoms with Gasteiger partial charge in [0.15, 0.2) is 5.60 Å². The number of fused-ring (bicyclic) bond motifs is 1. The minimum Gasteiger partial charge on any atom is -0.441 e. The number of anilines is 2. The van der Waals surface area contributed by atoms with Crippen LogP contribution in [-0.2, 0) is 10.3 Å². The fraction of sp³-hybridized carbons (Fsp3) is 0.217. The van der Waals surface area contributed by atoms with Crippen LogP contribution in [0.15, 0.2) is 67.0 Å². The molecule has 0 fully saturated rings. The molecule has 142 valence electrons. The molecule has 0 radical (unpaired) electrons. The van der Waals surface area contributed by atoms with Crippen molar-refractivity contribution in [3.63, 3.8) is 0 Å². The lowest BCUT2D eigenvalue weighted by atomic mass is 9.80. The Morgan fingerprint density at radius 2 is 1.29 bits per heavy atom. The molecule has 4 rings (SSSR count). The Bertz CT molecular complexity index is 957. The first-order chi connectivity index (χ1) is 13.4. The number of cyclic esters (lactones) is 1. The zero-order chi connectivity index (χ0) is 19.9. The number of carbonyl (C=O) groups is 1. The molecule has 1 aromatic heterocycles. The van der Waals surface area contributed by atoms with Crippen molar-refractivity contribution in [3.05, 3.63) is 89.2 Å². The highest BCUT2D eigenvalue weighted by Gasteiger charge is 2.48. The highest BCUT2D eigenvalue weighted by molar-refractivity contribution is 5.96. The van der Waals surface area contributed by atoms with E-state index in [0.717, 1.165) is 28.1 Å². The van der Waals surface area contributed by atoms with E-state index in [0.29, 0.717) is 5.56 Å². The van der Waals surface area contributed by atoms with Crippen LogP contribution in [0.2, 0.25) is 0 Å². The van der Waals surface area contributed by atoms with Gasteiger partial charge in [0, 0.05) is 68.6 Å². The number of esters is 1. The molecule has 2 aromatic carbocycles. The first-order valence-corrected chi connectivity index (χ1v) is 9.17. The zero-order valence-corrected chi connectivity index (χ0v) is 16.5. The third kappa shape index (κ3) is 2.71. The summed E-state index contributed by atoms with van der Waals surface area (Å²) in [6.07, 6.45) is 3.29. The van der Waals surface area contributed by atoms with Gasteiger partial charge in [0.25, 0.3) is 0 Å². The summed E-state index contributed by atoms with van der Waals surface area (Å²) >= 11 is 0. The van der Waals surface area contributed by atoms with Crippen molar-refractivity contribution in [2.24, 2.45) is 0 Å². The van der Waals surface area contributed by atoms with Gasteiger partial charge in [-0.2, -0.15) is 0 Å². The molecule has 0 spiro atoms. The third-order valence-electron chi connectivity index (χ3n) is 5.25. The van der Waals surface area contributed by atoms with Gasteiger partial charge in [0.2, 0.25) is 0 Å². The van der Waals surface area contributed by atoms with Crippen LogP contribution in [0.5, 0.6) is 0 Å². The number of nitrogens with zero attached hydrogens (tertiary/aromatic N) is 3. The van der Waals surface area contributed by atoms with Gasteiger partial charge in [-0.3, -0.25) is 4.98 Å². The highest BCUT2D eigenvalue weighted by atomic mass is 16.6. The number of aromatic nitrogens is 1. The Morgan fingerprint density at radius 3 is 1.75 bits per heavy atom. The quantitative estimate of drug-likeness (QED) is 0.653. The molecule has 2 heterocycles. The monoisotopic (exact) mass is 373 g/mol. The molecule has 1 aliphatic rings. The lowest BCUT2D eigenvalue weighted by molar-refractivity contribution is 0.0251. The fourth-order valence-electron chi connectivity index (χ4n) is 3.70. The highest BCUT2D eigenvalue weighted by Crippen LogP contribution is 2.47. The van der Waals surface area contributed by atoms with E-state index in [4.69, 9.17) is 4.74 Å². The van der Waals surface area contributed by atoms with Crippen LogP contribution in [-0.4, -0.2) is 39.1 Å². The van der Waals surface area contributed by atoms with Gasteiger partial charge in [-0.15, -0.1) is 0 Å². The van der Waals surface area contributed by atoms with Crippen molar-refractivity contribution in [3.8, 4) is 0 Å². The van der Waals surface area contributed by atoms with Crippen LogP contribution in [0.4, 0.5) is 11.4 Å². The second kappa shape index (κ2) is 6.68. The Morgan fingerprint density at radius 1 is 0.786 bits per heavy atom. The maximum absolute atomic E-state index is 12.7. The molecule has 0 aliphatic carbocycles. The summed E-state index contributed by atoms with van der Waals surface area (Å²) in [6, 6.07) is 18.1. The van der Waals surface area contributed by atoms with Crippen molar-refractivity contribution >= 4 is 17.3 Å². The average molecular weight is 373 g/mol. The van der Waals surface area contributed by atoms with Crippen LogP contribution >= 0.6 is 0 Å².